The van der Waals surface area contributed by atoms with Crippen LogP contribution < -0.4 is 10.1 Å². The number of rotatable bonds is 7. The van der Waals surface area contributed by atoms with Gasteiger partial charge in [-0.15, -0.1) is 0 Å². The van der Waals surface area contributed by atoms with Crippen LogP contribution in [0.1, 0.15) is 38.7 Å². The molecule has 2 aromatic rings. The molecule has 0 unspecified atom stereocenters. The second kappa shape index (κ2) is 10.8. The highest BCUT2D eigenvalue weighted by molar-refractivity contribution is 6.52. The predicted octanol–water partition coefficient (Wildman–Crippen LogP) is 7.47. The lowest BCUT2D eigenvalue weighted by Crippen LogP contribution is -2.18. The highest BCUT2D eigenvalue weighted by Gasteiger charge is 2.25. The SMILES string of the molecule is CCOC(=O)CC(=O)Nc1c(Cl)c(Cl)c(Oc2cc(Cl)c(O)c(C(C)C)c2)c(Cl)c1Cl. The summed E-state index contributed by atoms with van der Waals surface area (Å²) in [6.45, 7) is 5.50. The summed E-state index contributed by atoms with van der Waals surface area (Å²) < 4.78 is 10.5. The number of hydrogen-bond donors (Lipinski definition) is 2. The average molecular weight is 530 g/mol. The number of phenols is 1. The summed E-state index contributed by atoms with van der Waals surface area (Å²) in [6, 6.07) is 2.96. The Morgan fingerprint density at radius 2 is 1.61 bits per heavy atom. The van der Waals surface area contributed by atoms with Gasteiger partial charge in [-0.25, -0.2) is 0 Å². The number of esters is 1. The molecule has 0 heterocycles. The van der Waals surface area contributed by atoms with Crippen LogP contribution >= 0.6 is 58.0 Å². The molecular weight excluding hydrogens is 511 g/mol. The van der Waals surface area contributed by atoms with E-state index in [-0.39, 0.29) is 60.6 Å². The van der Waals surface area contributed by atoms with Crippen LogP contribution in [0.4, 0.5) is 5.69 Å². The van der Waals surface area contributed by atoms with Crippen molar-refractivity contribution in [1.29, 1.82) is 0 Å². The number of halogens is 5. The molecule has 0 aliphatic carbocycles. The van der Waals surface area contributed by atoms with Gasteiger partial charge in [-0.1, -0.05) is 71.9 Å². The third kappa shape index (κ3) is 6.02. The van der Waals surface area contributed by atoms with Gasteiger partial charge in [0, 0.05) is 11.6 Å². The van der Waals surface area contributed by atoms with Crippen molar-refractivity contribution < 1.29 is 24.2 Å². The molecule has 168 valence electrons. The molecule has 11 heteroatoms. The Kier molecular flexibility index (Phi) is 8.98. The van der Waals surface area contributed by atoms with Crippen LogP contribution in [0, 0.1) is 0 Å². The Balaban J connectivity index is 2.40. The number of nitrogens with one attached hydrogen (secondary N) is 1. The first-order valence-electron chi connectivity index (χ1n) is 8.99. The van der Waals surface area contributed by atoms with E-state index < -0.39 is 18.3 Å². The van der Waals surface area contributed by atoms with Gasteiger partial charge in [0.1, 0.15) is 28.0 Å². The van der Waals surface area contributed by atoms with Crippen molar-refractivity contribution in [2.45, 2.75) is 33.1 Å². The summed E-state index contributed by atoms with van der Waals surface area (Å²) >= 11 is 31.2. The molecule has 0 saturated carbocycles. The van der Waals surface area contributed by atoms with Gasteiger partial charge in [0.25, 0.3) is 0 Å². The molecule has 0 saturated heterocycles. The zero-order valence-electron chi connectivity index (χ0n) is 16.6. The Labute approximate surface area is 204 Å². The number of anilines is 1. The van der Waals surface area contributed by atoms with Gasteiger partial charge in [0.15, 0.2) is 5.75 Å². The second-order valence-corrected chi connectivity index (χ2v) is 8.51. The summed E-state index contributed by atoms with van der Waals surface area (Å²) in [5.74, 6) is -1.36. The number of benzene rings is 2. The topological polar surface area (TPSA) is 84.9 Å². The van der Waals surface area contributed by atoms with E-state index in [0.29, 0.717) is 5.56 Å². The molecule has 6 nitrogen and oxygen atoms in total. The first-order chi connectivity index (χ1) is 14.5. The van der Waals surface area contributed by atoms with Gasteiger partial charge >= 0.3 is 5.97 Å². The summed E-state index contributed by atoms with van der Waals surface area (Å²) in [7, 11) is 0. The molecule has 0 fully saturated rings. The fourth-order valence-electron chi connectivity index (χ4n) is 2.55. The van der Waals surface area contributed by atoms with Gasteiger partial charge in [-0.2, -0.15) is 0 Å². The molecule has 0 aromatic heterocycles. The number of phenolic OH excluding ortho intramolecular Hbond substituents is 1. The molecule has 2 aromatic carbocycles. The van der Waals surface area contributed by atoms with Crippen LogP contribution in [-0.2, 0) is 14.3 Å². The minimum Gasteiger partial charge on any atom is -0.506 e. The summed E-state index contributed by atoms with van der Waals surface area (Å²) in [6.07, 6.45) is -0.544. The van der Waals surface area contributed by atoms with E-state index in [1.54, 1.807) is 13.0 Å². The molecule has 2 rings (SSSR count). The van der Waals surface area contributed by atoms with E-state index in [1.165, 1.54) is 6.07 Å². The molecule has 0 spiro atoms. The van der Waals surface area contributed by atoms with Crippen LogP contribution in [0.3, 0.4) is 0 Å². The van der Waals surface area contributed by atoms with Crippen molar-refractivity contribution in [3.05, 3.63) is 42.8 Å². The highest BCUT2D eigenvalue weighted by Crippen LogP contribution is 2.50. The number of amides is 1. The maximum Gasteiger partial charge on any atom is 0.315 e. The number of hydrogen-bond acceptors (Lipinski definition) is 5. The fraction of sp³-hybridized carbons (Fsp3) is 0.300. The molecule has 0 radical (unpaired) electrons. The van der Waals surface area contributed by atoms with Gasteiger partial charge in [0.05, 0.1) is 27.4 Å². The zero-order valence-corrected chi connectivity index (χ0v) is 20.4. The molecule has 31 heavy (non-hydrogen) atoms. The van der Waals surface area contributed by atoms with E-state index in [9.17, 15) is 14.7 Å². The van der Waals surface area contributed by atoms with E-state index in [0.717, 1.165) is 0 Å². The lowest BCUT2D eigenvalue weighted by Gasteiger charge is -2.18. The lowest BCUT2D eigenvalue weighted by atomic mass is 10.0. The first kappa shape index (κ1) is 25.7. The largest absolute Gasteiger partial charge is 0.506 e. The van der Waals surface area contributed by atoms with Crippen LogP contribution in [0.25, 0.3) is 0 Å². The molecule has 0 bridgehead atoms. The zero-order chi connectivity index (χ0) is 23.5. The minimum absolute atomic E-state index is 0.0452. The van der Waals surface area contributed by atoms with E-state index in [1.807, 2.05) is 13.8 Å². The van der Waals surface area contributed by atoms with Crippen LogP contribution in [0.2, 0.25) is 25.1 Å². The number of carbonyl (C=O) groups excluding carboxylic acids is 2. The average Bonchev–Trinajstić information content (AvgIpc) is 2.69. The molecule has 0 aliphatic rings. The van der Waals surface area contributed by atoms with Crippen molar-refractivity contribution in [2.24, 2.45) is 0 Å². The third-order valence-corrected chi connectivity index (χ3v) is 5.96. The number of carbonyl (C=O) groups is 2. The monoisotopic (exact) mass is 527 g/mol. The number of aromatic hydroxyl groups is 1. The maximum atomic E-state index is 12.1. The first-order valence-corrected chi connectivity index (χ1v) is 10.9. The Morgan fingerprint density at radius 3 is 2.13 bits per heavy atom. The molecule has 0 atom stereocenters. The minimum atomic E-state index is -0.713. The predicted molar refractivity (Wildman–Crippen MR) is 124 cm³/mol. The third-order valence-electron chi connectivity index (χ3n) is 4.01. The van der Waals surface area contributed by atoms with Gasteiger partial charge < -0.3 is 19.9 Å². The Morgan fingerprint density at radius 1 is 1.03 bits per heavy atom. The Hall–Kier alpha value is -1.57. The van der Waals surface area contributed by atoms with Crippen molar-refractivity contribution in [2.75, 3.05) is 11.9 Å². The van der Waals surface area contributed by atoms with E-state index in [2.05, 4.69) is 5.32 Å². The summed E-state index contributed by atoms with van der Waals surface area (Å²) in [5, 5.41) is 12.1. The van der Waals surface area contributed by atoms with Gasteiger partial charge in [-0.05, 0) is 18.9 Å². The summed E-state index contributed by atoms with van der Waals surface area (Å²) in [4.78, 5) is 23.6. The second-order valence-electron chi connectivity index (χ2n) is 6.59. The maximum absolute atomic E-state index is 12.1. The van der Waals surface area contributed by atoms with Crippen molar-refractivity contribution >= 4 is 75.6 Å². The van der Waals surface area contributed by atoms with Crippen LogP contribution in [-0.4, -0.2) is 23.6 Å². The fourth-order valence-corrected chi connectivity index (χ4v) is 3.77. The molecule has 0 aliphatic heterocycles. The molecule has 2 N–H and O–H groups in total. The normalized spacial score (nSPS) is 10.9. The quantitative estimate of drug-likeness (QED) is 0.221. The Bertz CT molecular complexity index is 997. The van der Waals surface area contributed by atoms with Crippen LogP contribution in [0.5, 0.6) is 17.2 Å². The highest BCUT2D eigenvalue weighted by atomic mass is 35.5. The van der Waals surface area contributed by atoms with Crippen molar-refractivity contribution in [3.63, 3.8) is 0 Å². The summed E-state index contributed by atoms with van der Waals surface area (Å²) in [5.41, 5.74) is 0.473. The van der Waals surface area contributed by atoms with Gasteiger partial charge in [-0.3, -0.25) is 9.59 Å². The van der Waals surface area contributed by atoms with Gasteiger partial charge in [0.2, 0.25) is 5.91 Å². The molecular formula is C20H18Cl5NO5. The van der Waals surface area contributed by atoms with E-state index >= 15 is 0 Å². The standard InChI is InChI=1S/C20H18Cl5NO5/c1-4-30-13(28)7-12(27)26-18-14(22)16(24)20(17(25)15(18)23)31-9-5-10(8(2)3)19(29)11(21)6-9/h5-6,8,29H,4,7H2,1-3H3,(H,26,27). The molecule has 1 amide bonds. The number of ether oxygens (including phenoxy) is 2. The van der Waals surface area contributed by atoms with Crippen molar-refractivity contribution in [3.8, 4) is 17.2 Å². The smallest absolute Gasteiger partial charge is 0.315 e. The van der Waals surface area contributed by atoms with Crippen LogP contribution in [0.15, 0.2) is 12.1 Å². The van der Waals surface area contributed by atoms with E-state index in [4.69, 9.17) is 67.5 Å². The lowest BCUT2D eigenvalue weighted by molar-refractivity contribution is -0.145. The van der Waals surface area contributed by atoms with Crippen molar-refractivity contribution in [1.82, 2.24) is 0 Å².